The number of Topliss-reactive ketones (excluding diaryl/α,β-unsaturated/α-hetero) is 1. The molecule has 0 radical (unpaired) electrons. The van der Waals surface area contributed by atoms with Crippen LogP contribution in [0.25, 0.3) is 0 Å². The number of hydrogen-bond donors (Lipinski definition) is 4. The standard InChI is InChI=1S/C32H37N3O6S/c33-31(34)26-15-11-24(12-16-26)14-19-29(36)28(18-20-30(37)38)35-32(39)27(17-13-23-7-3-1-4-8-23)22-42(40,41)21-25-9-5-2-6-10-25/h1-12,15-16,27-28H,13-14,17-22H2,(H3,33,34)(H,35,39)(H,37,38)/t27-,28?/m0/s1. The van der Waals surface area contributed by atoms with Gasteiger partial charge in [0.05, 0.1) is 23.5 Å². The number of nitrogens with two attached hydrogens (primary N) is 1. The molecule has 42 heavy (non-hydrogen) atoms. The molecule has 1 amide bonds. The van der Waals surface area contributed by atoms with Crippen LogP contribution in [0.1, 0.15) is 47.9 Å². The van der Waals surface area contributed by atoms with Crippen LogP contribution < -0.4 is 11.1 Å². The van der Waals surface area contributed by atoms with Gasteiger partial charge in [0.15, 0.2) is 15.6 Å². The third-order valence-corrected chi connectivity index (χ3v) is 8.64. The number of benzene rings is 3. The highest BCUT2D eigenvalue weighted by molar-refractivity contribution is 7.90. The second-order valence-corrected chi connectivity index (χ2v) is 12.4. The Hall–Kier alpha value is -4.31. The van der Waals surface area contributed by atoms with Gasteiger partial charge < -0.3 is 16.2 Å². The Labute approximate surface area is 246 Å². The molecule has 0 spiro atoms. The number of carboxylic acids is 1. The van der Waals surface area contributed by atoms with Crippen LogP contribution in [0.2, 0.25) is 0 Å². The molecule has 9 nitrogen and oxygen atoms in total. The Morgan fingerprint density at radius 3 is 1.93 bits per heavy atom. The van der Waals surface area contributed by atoms with E-state index in [0.29, 0.717) is 24.0 Å². The fourth-order valence-electron chi connectivity index (χ4n) is 4.63. The van der Waals surface area contributed by atoms with Gasteiger partial charge in [-0.05, 0) is 42.4 Å². The number of amidine groups is 1. The van der Waals surface area contributed by atoms with Gasteiger partial charge in [-0.15, -0.1) is 0 Å². The van der Waals surface area contributed by atoms with Crippen molar-refractivity contribution in [2.45, 2.75) is 50.3 Å². The van der Waals surface area contributed by atoms with Crippen LogP contribution in [0, 0.1) is 11.3 Å². The number of carbonyl (C=O) groups is 3. The molecule has 0 aliphatic carbocycles. The van der Waals surface area contributed by atoms with Crippen molar-refractivity contribution in [2.75, 3.05) is 5.75 Å². The van der Waals surface area contributed by atoms with Crippen molar-refractivity contribution in [3.05, 3.63) is 107 Å². The number of nitrogen functional groups attached to an aromatic ring is 1. The lowest BCUT2D eigenvalue weighted by molar-refractivity contribution is -0.138. The molecule has 3 rings (SSSR count). The van der Waals surface area contributed by atoms with Crippen LogP contribution in [0.15, 0.2) is 84.9 Å². The maximum absolute atomic E-state index is 13.5. The first-order valence-corrected chi connectivity index (χ1v) is 15.6. The van der Waals surface area contributed by atoms with Crippen molar-refractivity contribution in [1.29, 1.82) is 5.41 Å². The summed E-state index contributed by atoms with van der Waals surface area (Å²) >= 11 is 0. The van der Waals surface area contributed by atoms with Gasteiger partial charge >= 0.3 is 5.97 Å². The first-order chi connectivity index (χ1) is 20.0. The fraction of sp³-hybridized carbons (Fsp3) is 0.312. The van der Waals surface area contributed by atoms with Crippen molar-refractivity contribution < 1.29 is 27.9 Å². The molecule has 0 saturated heterocycles. The summed E-state index contributed by atoms with van der Waals surface area (Å²) in [5, 5.41) is 19.4. The number of amides is 1. The van der Waals surface area contributed by atoms with E-state index >= 15 is 0 Å². The van der Waals surface area contributed by atoms with Gasteiger partial charge in [-0.2, -0.15) is 0 Å². The number of rotatable bonds is 17. The fourth-order valence-corrected chi connectivity index (χ4v) is 6.38. The van der Waals surface area contributed by atoms with Gasteiger partial charge in [0.2, 0.25) is 5.91 Å². The van der Waals surface area contributed by atoms with E-state index in [1.165, 1.54) is 0 Å². The minimum Gasteiger partial charge on any atom is -0.481 e. The van der Waals surface area contributed by atoms with Crippen LogP contribution in [0.3, 0.4) is 0 Å². The average molecular weight is 592 g/mol. The Bertz CT molecular complexity index is 1460. The molecule has 0 fully saturated rings. The smallest absolute Gasteiger partial charge is 0.303 e. The highest BCUT2D eigenvalue weighted by Gasteiger charge is 2.29. The van der Waals surface area contributed by atoms with Crippen molar-refractivity contribution in [3.8, 4) is 0 Å². The number of nitrogens with one attached hydrogen (secondary N) is 2. The zero-order valence-corrected chi connectivity index (χ0v) is 24.2. The van der Waals surface area contributed by atoms with Crippen molar-refractivity contribution in [2.24, 2.45) is 11.7 Å². The van der Waals surface area contributed by atoms with Gasteiger partial charge in [0, 0.05) is 18.4 Å². The molecule has 0 heterocycles. The van der Waals surface area contributed by atoms with Gasteiger partial charge in [0.1, 0.15) is 5.84 Å². The van der Waals surface area contributed by atoms with Gasteiger partial charge in [0.25, 0.3) is 0 Å². The molecule has 0 saturated carbocycles. The highest BCUT2D eigenvalue weighted by atomic mass is 32.2. The van der Waals surface area contributed by atoms with Crippen molar-refractivity contribution in [3.63, 3.8) is 0 Å². The van der Waals surface area contributed by atoms with Crippen LogP contribution in [0.5, 0.6) is 0 Å². The van der Waals surface area contributed by atoms with Crippen LogP contribution in [-0.4, -0.2) is 48.8 Å². The van der Waals surface area contributed by atoms with Gasteiger partial charge in [-0.1, -0.05) is 84.9 Å². The summed E-state index contributed by atoms with van der Waals surface area (Å²) in [6.45, 7) is 0. The van der Waals surface area contributed by atoms with E-state index in [1.54, 1.807) is 54.6 Å². The SMILES string of the molecule is N=C(N)c1ccc(CCC(=O)C(CCC(=O)O)NC(=O)[C@@H](CCc2ccccc2)CS(=O)(=O)Cc2ccccc2)cc1. The second-order valence-electron chi connectivity index (χ2n) is 10.3. The van der Waals surface area contributed by atoms with E-state index in [-0.39, 0.29) is 43.1 Å². The lowest BCUT2D eigenvalue weighted by Crippen LogP contribution is -2.45. The first-order valence-electron chi connectivity index (χ1n) is 13.8. The van der Waals surface area contributed by atoms with Crippen LogP contribution in [-0.2, 0) is 42.8 Å². The molecule has 3 aromatic rings. The lowest BCUT2D eigenvalue weighted by atomic mass is 9.97. The maximum atomic E-state index is 13.5. The minimum atomic E-state index is -3.68. The van der Waals surface area contributed by atoms with E-state index < -0.39 is 39.4 Å². The normalized spacial score (nSPS) is 12.7. The summed E-state index contributed by atoms with van der Waals surface area (Å²) in [6.07, 6.45) is 0.663. The topological polar surface area (TPSA) is 167 Å². The average Bonchev–Trinajstić information content (AvgIpc) is 2.96. The zero-order chi connectivity index (χ0) is 30.5. The van der Waals surface area contributed by atoms with E-state index in [1.807, 2.05) is 30.3 Å². The zero-order valence-electron chi connectivity index (χ0n) is 23.4. The van der Waals surface area contributed by atoms with E-state index in [9.17, 15) is 27.9 Å². The second kappa shape index (κ2) is 15.6. The van der Waals surface area contributed by atoms with E-state index in [0.717, 1.165) is 11.1 Å². The largest absolute Gasteiger partial charge is 0.481 e. The molecule has 0 aliphatic heterocycles. The third-order valence-electron chi connectivity index (χ3n) is 6.96. The molecular weight excluding hydrogens is 554 g/mol. The molecule has 5 N–H and O–H groups in total. The molecule has 2 atom stereocenters. The Kier molecular flexibility index (Phi) is 12.0. The molecule has 222 valence electrons. The number of hydrogen-bond acceptors (Lipinski definition) is 6. The number of aliphatic carboxylic acids is 1. The number of carboxylic acid groups (broad SMARTS) is 1. The molecule has 3 aromatic carbocycles. The summed E-state index contributed by atoms with van der Waals surface area (Å²) in [7, 11) is -3.68. The Morgan fingerprint density at radius 1 is 0.786 bits per heavy atom. The highest BCUT2D eigenvalue weighted by Crippen LogP contribution is 2.18. The van der Waals surface area contributed by atoms with Gasteiger partial charge in [-0.25, -0.2) is 8.42 Å². The lowest BCUT2D eigenvalue weighted by Gasteiger charge is -2.22. The molecule has 10 heteroatoms. The maximum Gasteiger partial charge on any atom is 0.303 e. The molecule has 0 aliphatic rings. The predicted molar refractivity (Wildman–Crippen MR) is 162 cm³/mol. The van der Waals surface area contributed by atoms with E-state index in [2.05, 4.69) is 5.32 Å². The van der Waals surface area contributed by atoms with Crippen molar-refractivity contribution >= 4 is 33.3 Å². The number of ketones is 1. The third kappa shape index (κ3) is 10.9. The number of sulfone groups is 1. The summed E-state index contributed by atoms with van der Waals surface area (Å²) < 4.78 is 26.3. The van der Waals surface area contributed by atoms with Crippen molar-refractivity contribution in [1.82, 2.24) is 5.32 Å². The Balaban J connectivity index is 1.74. The summed E-state index contributed by atoms with van der Waals surface area (Å²) in [5.41, 5.74) is 8.43. The molecule has 0 aromatic heterocycles. The Morgan fingerprint density at radius 2 is 1.36 bits per heavy atom. The van der Waals surface area contributed by atoms with Crippen LogP contribution >= 0.6 is 0 Å². The summed E-state index contributed by atoms with van der Waals surface area (Å²) in [5.74, 6) is -3.64. The molecular formula is C32H37N3O6S. The molecule has 1 unspecified atom stereocenters. The summed E-state index contributed by atoms with van der Waals surface area (Å²) in [6, 6.07) is 23.9. The monoisotopic (exact) mass is 591 g/mol. The minimum absolute atomic E-state index is 0.0466. The van der Waals surface area contributed by atoms with Gasteiger partial charge in [-0.3, -0.25) is 19.8 Å². The molecule has 0 bridgehead atoms. The number of carbonyl (C=O) groups excluding carboxylic acids is 2. The number of aryl methyl sites for hydroxylation is 2. The first kappa shape index (κ1) is 32.2. The summed E-state index contributed by atoms with van der Waals surface area (Å²) in [4.78, 5) is 38.0. The quantitative estimate of drug-likeness (QED) is 0.137. The van der Waals surface area contributed by atoms with Crippen LogP contribution in [0.4, 0.5) is 0 Å². The van der Waals surface area contributed by atoms with E-state index in [4.69, 9.17) is 11.1 Å². The predicted octanol–water partition coefficient (Wildman–Crippen LogP) is 3.69.